The quantitative estimate of drug-likeness (QED) is 0.457. The van der Waals surface area contributed by atoms with E-state index in [1.165, 1.54) is 44.6 Å². The number of allylic oxidation sites excluding steroid dienone is 3. The standard InChI is InChI=1S/C25H34F2O/c1-3-5-18-6-11-20(12-7-18)21-13-8-19(9-14-21)10-15-22-16-17-23(28-4-2)25(27)24(22)26/h3,5,10,15-21H,4,6-9,11-14H2,1-2H3/b5-3?,15-10+. The molecule has 0 atom stereocenters. The van der Waals surface area contributed by atoms with Crippen molar-refractivity contribution in [2.75, 3.05) is 6.61 Å². The first-order valence-electron chi connectivity index (χ1n) is 11.0. The zero-order valence-corrected chi connectivity index (χ0v) is 17.3. The van der Waals surface area contributed by atoms with Gasteiger partial charge in [0.15, 0.2) is 11.6 Å². The van der Waals surface area contributed by atoms with Gasteiger partial charge in [0.1, 0.15) is 0 Å². The minimum Gasteiger partial charge on any atom is -0.491 e. The normalized spacial score (nSPS) is 28.9. The van der Waals surface area contributed by atoms with Gasteiger partial charge >= 0.3 is 0 Å². The van der Waals surface area contributed by atoms with Crippen LogP contribution in [0.4, 0.5) is 8.78 Å². The van der Waals surface area contributed by atoms with Crippen molar-refractivity contribution in [2.45, 2.75) is 65.2 Å². The van der Waals surface area contributed by atoms with E-state index in [1.54, 1.807) is 19.1 Å². The molecule has 0 aliphatic heterocycles. The Hall–Kier alpha value is -1.64. The van der Waals surface area contributed by atoms with Crippen LogP contribution in [0.5, 0.6) is 5.75 Å². The number of benzene rings is 1. The van der Waals surface area contributed by atoms with Gasteiger partial charge in [0, 0.05) is 5.56 Å². The highest BCUT2D eigenvalue weighted by Gasteiger charge is 2.29. The lowest BCUT2D eigenvalue weighted by Crippen LogP contribution is -2.25. The van der Waals surface area contributed by atoms with Crippen LogP contribution in [0, 0.1) is 35.3 Å². The molecule has 1 aromatic rings. The molecule has 3 heteroatoms. The monoisotopic (exact) mass is 388 g/mol. The van der Waals surface area contributed by atoms with Gasteiger partial charge in [0.05, 0.1) is 6.61 Å². The first-order chi connectivity index (χ1) is 13.6. The molecule has 0 spiro atoms. The van der Waals surface area contributed by atoms with E-state index in [4.69, 9.17) is 4.74 Å². The van der Waals surface area contributed by atoms with Gasteiger partial charge in [-0.2, -0.15) is 4.39 Å². The van der Waals surface area contributed by atoms with Crippen LogP contribution in [-0.2, 0) is 0 Å². The molecular formula is C25H34F2O. The lowest BCUT2D eigenvalue weighted by Gasteiger charge is -2.36. The van der Waals surface area contributed by atoms with E-state index >= 15 is 0 Å². The molecule has 154 valence electrons. The highest BCUT2D eigenvalue weighted by molar-refractivity contribution is 5.52. The van der Waals surface area contributed by atoms with Crippen molar-refractivity contribution in [1.29, 1.82) is 0 Å². The second kappa shape index (κ2) is 10.2. The van der Waals surface area contributed by atoms with Gasteiger partial charge in [0.25, 0.3) is 0 Å². The van der Waals surface area contributed by atoms with Crippen LogP contribution in [0.2, 0.25) is 0 Å². The predicted octanol–water partition coefficient (Wildman–Crippen LogP) is 7.57. The van der Waals surface area contributed by atoms with E-state index in [0.29, 0.717) is 18.1 Å². The third-order valence-corrected chi connectivity index (χ3v) is 6.69. The highest BCUT2D eigenvalue weighted by atomic mass is 19.2. The first kappa shape index (κ1) is 21.1. The Morgan fingerprint density at radius 2 is 1.43 bits per heavy atom. The summed E-state index contributed by atoms with van der Waals surface area (Å²) in [5, 5.41) is 0. The van der Waals surface area contributed by atoms with Crippen molar-refractivity contribution >= 4 is 6.08 Å². The number of rotatable bonds is 6. The minimum atomic E-state index is -0.888. The zero-order valence-electron chi connectivity index (χ0n) is 17.3. The fourth-order valence-corrected chi connectivity index (χ4v) is 5.07. The summed E-state index contributed by atoms with van der Waals surface area (Å²) in [6.45, 7) is 4.20. The minimum absolute atomic E-state index is 0.0122. The van der Waals surface area contributed by atoms with Gasteiger partial charge in [0.2, 0.25) is 5.82 Å². The Morgan fingerprint density at radius 3 is 1.96 bits per heavy atom. The van der Waals surface area contributed by atoms with Crippen molar-refractivity contribution < 1.29 is 13.5 Å². The van der Waals surface area contributed by atoms with Gasteiger partial charge in [-0.25, -0.2) is 4.39 Å². The summed E-state index contributed by atoms with van der Waals surface area (Å²) in [5.41, 5.74) is 0.311. The molecule has 0 aromatic heterocycles. The third kappa shape index (κ3) is 5.24. The summed E-state index contributed by atoms with van der Waals surface area (Å²) >= 11 is 0. The van der Waals surface area contributed by atoms with Gasteiger partial charge in [-0.15, -0.1) is 0 Å². The lowest BCUT2D eigenvalue weighted by atomic mass is 9.69. The molecule has 2 fully saturated rings. The first-order valence-corrected chi connectivity index (χ1v) is 11.0. The molecule has 0 N–H and O–H groups in total. The van der Waals surface area contributed by atoms with E-state index in [1.807, 2.05) is 0 Å². The third-order valence-electron chi connectivity index (χ3n) is 6.69. The lowest BCUT2D eigenvalue weighted by molar-refractivity contribution is 0.166. The van der Waals surface area contributed by atoms with Crippen LogP contribution in [-0.4, -0.2) is 6.61 Å². The number of hydrogen-bond donors (Lipinski definition) is 0. The van der Waals surface area contributed by atoms with E-state index in [0.717, 1.165) is 30.6 Å². The zero-order chi connectivity index (χ0) is 19.9. The fraction of sp³-hybridized carbons (Fsp3) is 0.600. The van der Waals surface area contributed by atoms with Crippen LogP contribution >= 0.6 is 0 Å². The van der Waals surface area contributed by atoms with Crippen molar-refractivity contribution in [2.24, 2.45) is 23.7 Å². The van der Waals surface area contributed by atoms with Crippen LogP contribution < -0.4 is 4.74 Å². The van der Waals surface area contributed by atoms with Crippen LogP contribution in [0.15, 0.2) is 30.4 Å². The maximum atomic E-state index is 14.2. The van der Waals surface area contributed by atoms with Gasteiger partial charge in [-0.3, -0.25) is 0 Å². The van der Waals surface area contributed by atoms with Gasteiger partial charge < -0.3 is 4.74 Å². The average Bonchev–Trinajstić information content (AvgIpc) is 2.72. The van der Waals surface area contributed by atoms with Crippen molar-refractivity contribution in [3.8, 4) is 5.75 Å². The average molecular weight is 389 g/mol. The molecule has 0 heterocycles. The Morgan fingerprint density at radius 1 is 0.857 bits per heavy atom. The van der Waals surface area contributed by atoms with Crippen molar-refractivity contribution in [3.05, 3.63) is 47.6 Å². The van der Waals surface area contributed by atoms with Gasteiger partial charge in [-0.05, 0) is 101 Å². The predicted molar refractivity (Wildman–Crippen MR) is 112 cm³/mol. The molecule has 2 saturated carbocycles. The Balaban J connectivity index is 1.50. The van der Waals surface area contributed by atoms with Crippen molar-refractivity contribution in [1.82, 2.24) is 0 Å². The molecule has 0 unspecified atom stereocenters. The second-order valence-corrected chi connectivity index (χ2v) is 8.45. The summed E-state index contributed by atoms with van der Waals surface area (Å²) in [5.74, 6) is 1.31. The SMILES string of the molecule is CC=CC1CCC(C2CCC(/C=C/c3ccc(OCC)c(F)c3F)CC2)CC1. The highest BCUT2D eigenvalue weighted by Crippen LogP contribution is 2.42. The molecule has 0 radical (unpaired) electrons. The topological polar surface area (TPSA) is 9.23 Å². The summed E-state index contributed by atoms with van der Waals surface area (Å²) < 4.78 is 33.3. The Labute approximate surface area is 168 Å². The Kier molecular flexibility index (Phi) is 7.70. The fourth-order valence-electron chi connectivity index (χ4n) is 5.07. The molecule has 1 aromatic carbocycles. The number of halogens is 2. The molecule has 1 nitrogen and oxygen atoms in total. The number of ether oxygens (including phenoxy) is 1. The summed E-state index contributed by atoms with van der Waals surface area (Å²) in [7, 11) is 0. The maximum Gasteiger partial charge on any atom is 0.201 e. The summed E-state index contributed by atoms with van der Waals surface area (Å²) in [6, 6.07) is 3.12. The number of hydrogen-bond acceptors (Lipinski definition) is 1. The molecule has 3 rings (SSSR count). The van der Waals surface area contributed by atoms with Crippen LogP contribution in [0.1, 0.15) is 70.8 Å². The summed E-state index contributed by atoms with van der Waals surface area (Å²) in [6.07, 6.45) is 18.7. The van der Waals surface area contributed by atoms with Crippen molar-refractivity contribution in [3.63, 3.8) is 0 Å². The molecule has 0 amide bonds. The van der Waals surface area contributed by atoms with E-state index in [9.17, 15) is 8.78 Å². The van der Waals surface area contributed by atoms with E-state index in [2.05, 4.69) is 25.2 Å². The molecule has 2 aliphatic carbocycles. The maximum absolute atomic E-state index is 14.2. The van der Waals surface area contributed by atoms with E-state index in [-0.39, 0.29) is 5.75 Å². The largest absolute Gasteiger partial charge is 0.491 e. The Bertz CT molecular complexity index is 678. The van der Waals surface area contributed by atoms with E-state index < -0.39 is 11.6 Å². The molecular weight excluding hydrogens is 354 g/mol. The molecule has 0 saturated heterocycles. The summed E-state index contributed by atoms with van der Waals surface area (Å²) in [4.78, 5) is 0. The van der Waals surface area contributed by atoms with Gasteiger partial charge in [-0.1, -0.05) is 24.3 Å². The van der Waals surface area contributed by atoms with Crippen LogP contribution in [0.25, 0.3) is 6.08 Å². The molecule has 2 aliphatic rings. The van der Waals surface area contributed by atoms with Crippen LogP contribution in [0.3, 0.4) is 0 Å². The molecule has 28 heavy (non-hydrogen) atoms. The molecule has 0 bridgehead atoms. The second-order valence-electron chi connectivity index (χ2n) is 8.45. The smallest absolute Gasteiger partial charge is 0.201 e.